The molecule has 2 aromatic carbocycles. The second-order valence-corrected chi connectivity index (χ2v) is 6.87. The number of carbonyl (C=O) groups excluding carboxylic acids is 4. The Labute approximate surface area is 171 Å². The van der Waals surface area contributed by atoms with Crippen LogP contribution < -0.4 is 11.1 Å². The maximum atomic E-state index is 12.2. The lowest BCUT2D eigenvalue weighted by Gasteiger charge is -2.12. The molecule has 0 radical (unpaired) electrons. The first kappa shape index (κ1) is 22.0. The van der Waals surface area contributed by atoms with Crippen LogP contribution >= 0.6 is 11.8 Å². The van der Waals surface area contributed by atoms with E-state index in [-0.39, 0.29) is 17.2 Å². The van der Waals surface area contributed by atoms with E-state index in [0.29, 0.717) is 16.1 Å². The van der Waals surface area contributed by atoms with E-state index in [1.54, 1.807) is 48.5 Å². The Kier molecular flexibility index (Phi) is 7.79. The Morgan fingerprint density at radius 3 is 2.31 bits per heavy atom. The monoisotopic (exact) mass is 416 g/mol. The third-order valence-corrected chi connectivity index (χ3v) is 4.81. The Bertz CT molecular complexity index is 913. The summed E-state index contributed by atoms with van der Waals surface area (Å²) in [6, 6.07) is 12.9. The Balaban J connectivity index is 1.97. The van der Waals surface area contributed by atoms with E-state index in [4.69, 9.17) is 10.5 Å². The summed E-state index contributed by atoms with van der Waals surface area (Å²) in [6.07, 6.45) is -1.06. The number of thioether (sulfide) groups is 1. The minimum Gasteiger partial charge on any atom is -0.465 e. The highest BCUT2D eigenvalue weighted by atomic mass is 32.2. The zero-order valence-corrected chi connectivity index (χ0v) is 16.7. The molecule has 1 unspecified atom stereocenters. The van der Waals surface area contributed by atoms with Gasteiger partial charge < -0.3 is 20.5 Å². The second kappa shape index (κ2) is 10.3. The number of hydrogen-bond acceptors (Lipinski definition) is 7. The topological polar surface area (TPSA) is 125 Å². The molecule has 0 bridgehead atoms. The molecule has 0 aliphatic rings. The van der Waals surface area contributed by atoms with E-state index >= 15 is 0 Å². The summed E-state index contributed by atoms with van der Waals surface area (Å²) in [5, 5.41) is 2.70. The van der Waals surface area contributed by atoms with Crippen LogP contribution in [0.25, 0.3) is 0 Å². The lowest BCUT2D eigenvalue weighted by atomic mass is 10.2. The first-order valence-corrected chi connectivity index (χ1v) is 9.50. The minimum atomic E-state index is -1.06. The number of amides is 2. The molecule has 2 amide bonds. The molecule has 1 atom stereocenters. The standard InChI is InChI=1S/C20H20N2O6S/c1-12(18(21)24)28-20(26)15-5-3-4-6-16(15)29-11-17(23)22-14-9-7-13(8-10-14)19(25)27-2/h3-10,12H,11H2,1-2H3,(H2,21,24)(H,22,23). The lowest BCUT2D eigenvalue weighted by Crippen LogP contribution is -2.30. The number of benzene rings is 2. The fourth-order valence-electron chi connectivity index (χ4n) is 2.19. The summed E-state index contributed by atoms with van der Waals surface area (Å²) in [4.78, 5) is 47.5. The molecule has 9 heteroatoms. The van der Waals surface area contributed by atoms with Crippen molar-refractivity contribution in [3.8, 4) is 0 Å². The van der Waals surface area contributed by atoms with Crippen LogP contribution in [0.4, 0.5) is 5.69 Å². The van der Waals surface area contributed by atoms with Crippen LogP contribution in [0.15, 0.2) is 53.4 Å². The van der Waals surface area contributed by atoms with Crippen molar-refractivity contribution in [2.75, 3.05) is 18.2 Å². The van der Waals surface area contributed by atoms with E-state index in [2.05, 4.69) is 10.1 Å². The van der Waals surface area contributed by atoms with Crippen molar-refractivity contribution >= 4 is 41.2 Å². The average Bonchev–Trinajstić information content (AvgIpc) is 2.72. The van der Waals surface area contributed by atoms with Gasteiger partial charge >= 0.3 is 11.9 Å². The molecule has 3 N–H and O–H groups in total. The number of nitrogens with two attached hydrogens (primary N) is 1. The molecule has 0 saturated heterocycles. The van der Waals surface area contributed by atoms with Crippen molar-refractivity contribution in [2.45, 2.75) is 17.9 Å². The molecule has 8 nitrogen and oxygen atoms in total. The molecular weight excluding hydrogens is 396 g/mol. The molecule has 0 aromatic heterocycles. The van der Waals surface area contributed by atoms with Crippen molar-refractivity contribution in [3.05, 3.63) is 59.7 Å². The molecule has 2 aromatic rings. The SMILES string of the molecule is COC(=O)c1ccc(NC(=O)CSc2ccccc2C(=O)OC(C)C(N)=O)cc1. The molecule has 0 aliphatic heterocycles. The fourth-order valence-corrected chi connectivity index (χ4v) is 3.03. The molecular formula is C20H20N2O6S. The highest BCUT2D eigenvalue weighted by Gasteiger charge is 2.19. The molecule has 0 heterocycles. The van der Waals surface area contributed by atoms with Crippen LogP contribution in [0.5, 0.6) is 0 Å². The highest BCUT2D eigenvalue weighted by Crippen LogP contribution is 2.24. The quantitative estimate of drug-likeness (QED) is 0.499. The number of nitrogens with one attached hydrogen (secondary N) is 1. The normalized spacial score (nSPS) is 11.2. The average molecular weight is 416 g/mol. The molecule has 0 aliphatic carbocycles. The highest BCUT2D eigenvalue weighted by molar-refractivity contribution is 8.00. The first-order chi connectivity index (χ1) is 13.8. The second-order valence-electron chi connectivity index (χ2n) is 5.85. The van der Waals surface area contributed by atoms with Gasteiger partial charge in [-0.15, -0.1) is 11.8 Å². The first-order valence-electron chi connectivity index (χ1n) is 8.52. The van der Waals surface area contributed by atoms with Gasteiger partial charge in [0.05, 0.1) is 24.0 Å². The molecule has 0 saturated carbocycles. The molecule has 29 heavy (non-hydrogen) atoms. The van der Waals surface area contributed by atoms with Gasteiger partial charge in [-0.2, -0.15) is 0 Å². The number of ether oxygens (including phenoxy) is 2. The maximum Gasteiger partial charge on any atom is 0.340 e. The summed E-state index contributed by atoms with van der Waals surface area (Å²) in [6.45, 7) is 1.38. The van der Waals surface area contributed by atoms with Crippen LogP contribution in [0.2, 0.25) is 0 Å². The Morgan fingerprint density at radius 1 is 1.03 bits per heavy atom. The largest absolute Gasteiger partial charge is 0.465 e. The van der Waals surface area contributed by atoms with Gasteiger partial charge in [0.15, 0.2) is 6.10 Å². The zero-order chi connectivity index (χ0) is 21.4. The maximum absolute atomic E-state index is 12.2. The van der Waals surface area contributed by atoms with Crippen LogP contribution in [-0.4, -0.2) is 42.7 Å². The van der Waals surface area contributed by atoms with Crippen LogP contribution in [0, 0.1) is 0 Å². The van der Waals surface area contributed by atoms with Crippen LogP contribution in [0.1, 0.15) is 27.6 Å². The van der Waals surface area contributed by atoms with Gasteiger partial charge in [-0.1, -0.05) is 12.1 Å². The number of esters is 2. The van der Waals surface area contributed by atoms with Gasteiger partial charge in [0.25, 0.3) is 5.91 Å². The summed E-state index contributed by atoms with van der Waals surface area (Å²) in [5.41, 5.74) is 6.24. The molecule has 0 fully saturated rings. The van der Waals surface area contributed by atoms with Crippen molar-refractivity contribution in [1.82, 2.24) is 0 Å². The smallest absolute Gasteiger partial charge is 0.340 e. The number of carbonyl (C=O) groups is 4. The van der Waals surface area contributed by atoms with E-state index in [1.165, 1.54) is 14.0 Å². The van der Waals surface area contributed by atoms with Crippen molar-refractivity contribution < 1.29 is 28.7 Å². The summed E-state index contributed by atoms with van der Waals surface area (Å²) in [7, 11) is 1.29. The van der Waals surface area contributed by atoms with Gasteiger partial charge in [0.1, 0.15) is 0 Å². The number of anilines is 1. The third kappa shape index (κ3) is 6.35. The number of methoxy groups -OCH3 is 1. The number of primary amides is 1. The van der Waals surface area contributed by atoms with E-state index in [1.807, 2.05) is 0 Å². The van der Waals surface area contributed by atoms with Gasteiger partial charge in [-0.05, 0) is 43.3 Å². The Hall–Kier alpha value is -3.33. The zero-order valence-electron chi connectivity index (χ0n) is 15.8. The van der Waals surface area contributed by atoms with Gasteiger partial charge in [-0.25, -0.2) is 9.59 Å². The van der Waals surface area contributed by atoms with Crippen molar-refractivity contribution in [2.24, 2.45) is 5.73 Å². The summed E-state index contributed by atoms with van der Waals surface area (Å²) >= 11 is 1.15. The fraction of sp³-hybridized carbons (Fsp3) is 0.200. The third-order valence-electron chi connectivity index (χ3n) is 3.74. The van der Waals surface area contributed by atoms with Crippen molar-refractivity contribution in [3.63, 3.8) is 0 Å². The van der Waals surface area contributed by atoms with Gasteiger partial charge in [-0.3, -0.25) is 9.59 Å². The van der Waals surface area contributed by atoms with E-state index < -0.39 is 23.9 Å². The number of hydrogen-bond donors (Lipinski definition) is 2. The van der Waals surface area contributed by atoms with Crippen LogP contribution in [0.3, 0.4) is 0 Å². The lowest BCUT2D eigenvalue weighted by molar-refractivity contribution is -0.125. The summed E-state index contributed by atoms with van der Waals surface area (Å²) < 4.78 is 9.63. The van der Waals surface area contributed by atoms with Crippen molar-refractivity contribution in [1.29, 1.82) is 0 Å². The van der Waals surface area contributed by atoms with E-state index in [9.17, 15) is 19.2 Å². The molecule has 2 rings (SSSR count). The predicted octanol–water partition coefficient (Wildman–Crippen LogP) is 2.23. The van der Waals surface area contributed by atoms with Gasteiger partial charge in [0, 0.05) is 10.6 Å². The van der Waals surface area contributed by atoms with Crippen LogP contribution in [-0.2, 0) is 19.1 Å². The number of rotatable bonds is 8. The molecule has 152 valence electrons. The predicted molar refractivity (Wildman–Crippen MR) is 108 cm³/mol. The van der Waals surface area contributed by atoms with E-state index in [0.717, 1.165) is 11.8 Å². The minimum absolute atomic E-state index is 0.0361. The summed E-state index contributed by atoms with van der Waals surface area (Å²) in [5.74, 6) is -2.17. The van der Waals surface area contributed by atoms with Gasteiger partial charge in [0.2, 0.25) is 5.91 Å². The Morgan fingerprint density at radius 2 is 1.69 bits per heavy atom. The molecule has 0 spiro atoms.